The third-order valence-corrected chi connectivity index (χ3v) is 5.54. The molecule has 0 bridgehead atoms. The van der Waals surface area contributed by atoms with E-state index in [4.69, 9.17) is 0 Å². The molecule has 0 radical (unpaired) electrons. The molecule has 1 atom stereocenters. The van der Waals surface area contributed by atoms with Gasteiger partial charge in [-0.2, -0.15) is 0 Å². The molecule has 0 saturated heterocycles. The zero-order chi connectivity index (χ0) is 22.3. The topological polar surface area (TPSA) is 49.4 Å². The molecule has 2 rings (SSSR count). The molecular formula is C24H31FN2O2S. The number of halogens is 1. The SMILES string of the molecule is Cc1ccc(CN(C(=O)CSCc2ccc(F)cc2)[C@@H](C)C(=O)NC(C)(C)C)cc1. The molecule has 2 aromatic rings. The summed E-state index contributed by atoms with van der Waals surface area (Å²) in [5.41, 5.74) is 2.71. The zero-order valence-corrected chi connectivity index (χ0v) is 19.2. The van der Waals surface area contributed by atoms with Crippen LogP contribution in [0, 0.1) is 12.7 Å². The highest BCUT2D eigenvalue weighted by Gasteiger charge is 2.28. The third kappa shape index (κ3) is 7.82. The quantitative estimate of drug-likeness (QED) is 0.660. The van der Waals surface area contributed by atoms with Gasteiger partial charge in [-0.25, -0.2) is 4.39 Å². The Kier molecular flexibility index (Phi) is 8.47. The first-order chi connectivity index (χ1) is 14.0. The number of carbonyl (C=O) groups excluding carboxylic acids is 2. The van der Waals surface area contributed by atoms with Gasteiger partial charge >= 0.3 is 0 Å². The summed E-state index contributed by atoms with van der Waals surface area (Å²) < 4.78 is 13.1. The lowest BCUT2D eigenvalue weighted by molar-refractivity contribution is -0.139. The maximum Gasteiger partial charge on any atom is 0.242 e. The van der Waals surface area contributed by atoms with E-state index in [1.807, 2.05) is 52.0 Å². The summed E-state index contributed by atoms with van der Waals surface area (Å²) in [6.45, 7) is 9.90. The summed E-state index contributed by atoms with van der Waals surface area (Å²) in [6, 6.07) is 13.6. The number of carbonyl (C=O) groups is 2. The fourth-order valence-corrected chi connectivity index (χ4v) is 3.74. The normalized spacial score (nSPS) is 12.3. The molecule has 0 unspecified atom stereocenters. The largest absolute Gasteiger partial charge is 0.350 e. The van der Waals surface area contributed by atoms with Gasteiger partial charge in [-0.05, 0) is 57.9 Å². The lowest BCUT2D eigenvalue weighted by atomic mass is 10.1. The van der Waals surface area contributed by atoms with Crippen molar-refractivity contribution >= 4 is 23.6 Å². The van der Waals surface area contributed by atoms with Crippen molar-refractivity contribution in [2.24, 2.45) is 0 Å². The van der Waals surface area contributed by atoms with Crippen molar-refractivity contribution in [3.8, 4) is 0 Å². The van der Waals surface area contributed by atoms with Crippen LogP contribution in [0.4, 0.5) is 4.39 Å². The van der Waals surface area contributed by atoms with Gasteiger partial charge in [0, 0.05) is 17.8 Å². The highest BCUT2D eigenvalue weighted by atomic mass is 32.2. The van der Waals surface area contributed by atoms with Crippen LogP contribution in [0.1, 0.15) is 44.4 Å². The number of nitrogens with one attached hydrogen (secondary N) is 1. The van der Waals surface area contributed by atoms with E-state index >= 15 is 0 Å². The maximum atomic E-state index is 13.1. The molecule has 1 N–H and O–H groups in total. The van der Waals surface area contributed by atoms with E-state index in [1.54, 1.807) is 24.0 Å². The molecule has 0 aliphatic heterocycles. The monoisotopic (exact) mass is 430 g/mol. The van der Waals surface area contributed by atoms with Gasteiger partial charge in [0.1, 0.15) is 11.9 Å². The Bertz CT molecular complexity index is 845. The number of amides is 2. The van der Waals surface area contributed by atoms with Crippen molar-refractivity contribution in [2.75, 3.05) is 5.75 Å². The van der Waals surface area contributed by atoms with Crippen LogP contribution in [0.5, 0.6) is 0 Å². The van der Waals surface area contributed by atoms with Crippen LogP contribution in [0.15, 0.2) is 48.5 Å². The fourth-order valence-electron chi connectivity index (χ4n) is 2.87. The highest BCUT2D eigenvalue weighted by molar-refractivity contribution is 7.99. The van der Waals surface area contributed by atoms with E-state index in [0.717, 1.165) is 16.7 Å². The van der Waals surface area contributed by atoms with Crippen LogP contribution >= 0.6 is 11.8 Å². The van der Waals surface area contributed by atoms with E-state index in [0.29, 0.717) is 12.3 Å². The first-order valence-corrected chi connectivity index (χ1v) is 11.2. The second-order valence-electron chi connectivity index (χ2n) is 8.54. The predicted octanol–water partition coefficient (Wildman–Crippen LogP) is 4.70. The average Bonchev–Trinajstić information content (AvgIpc) is 2.67. The third-order valence-electron chi connectivity index (χ3n) is 4.55. The maximum absolute atomic E-state index is 13.1. The highest BCUT2D eigenvalue weighted by Crippen LogP contribution is 2.17. The second kappa shape index (κ2) is 10.6. The molecule has 0 spiro atoms. The Morgan fingerprint density at radius 1 is 1.03 bits per heavy atom. The molecule has 0 aromatic heterocycles. The summed E-state index contributed by atoms with van der Waals surface area (Å²) in [5, 5.41) is 2.96. The van der Waals surface area contributed by atoms with Gasteiger partial charge in [-0.3, -0.25) is 9.59 Å². The van der Waals surface area contributed by atoms with Gasteiger partial charge in [0.2, 0.25) is 11.8 Å². The van der Waals surface area contributed by atoms with Gasteiger partial charge in [0.25, 0.3) is 0 Å². The number of thioether (sulfide) groups is 1. The second-order valence-corrected chi connectivity index (χ2v) is 9.53. The van der Waals surface area contributed by atoms with Gasteiger partial charge in [-0.1, -0.05) is 42.0 Å². The molecule has 0 aliphatic rings. The summed E-state index contributed by atoms with van der Waals surface area (Å²) in [6.07, 6.45) is 0. The minimum atomic E-state index is -0.593. The molecule has 30 heavy (non-hydrogen) atoms. The van der Waals surface area contributed by atoms with E-state index in [2.05, 4.69) is 5.32 Å². The predicted molar refractivity (Wildman–Crippen MR) is 122 cm³/mol. The summed E-state index contributed by atoms with van der Waals surface area (Å²) in [7, 11) is 0. The van der Waals surface area contributed by atoms with Gasteiger partial charge in [-0.15, -0.1) is 11.8 Å². The van der Waals surface area contributed by atoms with Gasteiger partial charge < -0.3 is 10.2 Å². The minimum absolute atomic E-state index is 0.0979. The van der Waals surface area contributed by atoms with Crippen LogP contribution in [0.2, 0.25) is 0 Å². The lowest BCUT2D eigenvalue weighted by Crippen LogP contribution is -2.52. The minimum Gasteiger partial charge on any atom is -0.350 e. The first-order valence-electron chi connectivity index (χ1n) is 10.0. The van der Waals surface area contributed by atoms with E-state index in [-0.39, 0.29) is 28.9 Å². The van der Waals surface area contributed by atoms with Crippen molar-refractivity contribution in [3.63, 3.8) is 0 Å². The fraction of sp³-hybridized carbons (Fsp3) is 0.417. The zero-order valence-electron chi connectivity index (χ0n) is 18.4. The molecule has 4 nitrogen and oxygen atoms in total. The van der Waals surface area contributed by atoms with Crippen LogP contribution in [0.25, 0.3) is 0 Å². The number of hydrogen-bond donors (Lipinski definition) is 1. The molecule has 0 saturated carbocycles. The molecule has 162 valence electrons. The van der Waals surface area contributed by atoms with Gasteiger partial charge in [0.05, 0.1) is 5.75 Å². The van der Waals surface area contributed by atoms with Crippen molar-refractivity contribution in [3.05, 3.63) is 71.0 Å². The van der Waals surface area contributed by atoms with Crippen LogP contribution in [0.3, 0.4) is 0 Å². The van der Waals surface area contributed by atoms with Crippen LogP contribution < -0.4 is 5.32 Å². The van der Waals surface area contributed by atoms with E-state index in [9.17, 15) is 14.0 Å². The van der Waals surface area contributed by atoms with Crippen molar-refractivity contribution in [1.29, 1.82) is 0 Å². The average molecular weight is 431 g/mol. The van der Waals surface area contributed by atoms with Crippen molar-refractivity contribution < 1.29 is 14.0 Å². The van der Waals surface area contributed by atoms with Crippen molar-refractivity contribution in [2.45, 2.75) is 58.5 Å². The molecule has 0 heterocycles. The molecule has 0 aliphatic carbocycles. The molecule has 2 aromatic carbocycles. The molecule has 2 amide bonds. The van der Waals surface area contributed by atoms with Crippen LogP contribution in [-0.4, -0.2) is 34.0 Å². The van der Waals surface area contributed by atoms with Crippen LogP contribution in [-0.2, 0) is 21.9 Å². The molecule has 6 heteroatoms. The van der Waals surface area contributed by atoms with Crippen molar-refractivity contribution in [1.82, 2.24) is 10.2 Å². The lowest BCUT2D eigenvalue weighted by Gasteiger charge is -2.31. The Balaban J connectivity index is 2.08. The first kappa shape index (κ1) is 23.9. The Hall–Kier alpha value is -2.34. The number of hydrogen-bond acceptors (Lipinski definition) is 3. The van der Waals surface area contributed by atoms with E-state index < -0.39 is 6.04 Å². The Morgan fingerprint density at radius 2 is 1.60 bits per heavy atom. The summed E-state index contributed by atoms with van der Waals surface area (Å²) in [4.78, 5) is 27.4. The number of rotatable bonds is 8. The summed E-state index contributed by atoms with van der Waals surface area (Å²) in [5.74, 6) is 0.303. The standard InChI is InChI=1S/C24H31FN2O2S/c1-17-6-8-19(9-7-17)14-27(18(2)23(29)26-24(3,4)5)22(28)16-30-15-20-10-12-21(25)13-11-20/h6-13,18H,14-16H2,1-5H3,(H,26,29)/t18-/m0/s1. The molecule has 0 fully saturated rings. The van der Waals surface area contributed by atoms with E-state index in [1.165, 1.54) is 23.9 Å². The van der Waals surface area contributed by atoms with Gasteiger partial charge in [0.15, 0.2) is 0 Å². The number of nitrogens with zero attached hydrogens (tertiary/aromatic N) is 1. The number of benzene rings is 2. The smallest absolute Gasteiger partial charge is 0.242 e. The molecular weight excluding hydrogens is 399 g/mol. The Labute approximate surface area is 183 Å². The number of aryl methyl sites for hydroxylation is 1. The Morgan fingerprint density at radius 3 is 2.17 bits per heavy atom. The summed E-state index contributed by atoms with van der Waals surface area (Å²) >= 11 is 1.46.